The van der Waals surface area contributed by atoms with E-state index in [0.717, 1.165) is 30.4 Å². The summed E-state index contributed by atoms with van der Waals surface area (Å²) in [5.41, 5.74) is 0.631. The van der Waals surface area contributed by atoms with Crippen LogP contribution in [0.25, 0.3) is 0 Å². The molecule has 1 saturated heterocycles. The van der Waals surface area contributed by atoms with Crippen LogP contribution in [-0.2, 0) is 0 Å². The van der Waals surface area contributed by atoms with Crippen LogP contribution in [0.4, 0.5) is 0 Å². The highest BCUT2D eigenvalue weighted by Crippen LogP contribution is 2.26. The first kappa shape index (κ1) is 16.6. The summed E-state index contributed by atoms with van der Waals surface area (Å²) in [6.07, 6.45) is 2.39. The van der Waals surface area contributed by atoms with Gasteiger partial charge in [-0.1, -0.05) is 0 Å². The molecule has 1 aromatic heterocycles. The second-order valence-corrected chi connectivity index (χ2v) is 6.15. The summed E-state index contributed by atoms with van der Waals surface area (Å²) >= 11 is 0. The Morgan fingerprint density at radius 3 is 2.50 bits per heavy atom. The maximum atomic E-state index is 12.4. The quantitative estimate of drug-likeness (QED) is 0.885. The number of furan rings is 1. The van der Waals surface area contributed by atoms with Crippen LogP contribution in [0, 0.1) is 6.92 Å². The number of amides is 1. The second-order valence-electron chi connectivity index (χ2n) is 6.15. The lowest BCUT2D eigenvalue weighted by Crippen LogP contribution is -2.36. The maximum absolute atomic E-state index is 12.4. The lowest BCUT2D eigenvalue weighted by atomic mass is 10.1. The monoisotopic (exact) mass is 328 g/mol. The first-order chi connectivity index (χ1) is 11.7. The third-order valence-electron chi connectivity index (χ3n) is 4.48. The van der Waals surface area contributed by atoms with E-state index >= 15 is 0 Å². The van der Waals surface area contributed by atoms with Crippen molar-refractivity contribution >= 4 is 5.91 Å². The van der Waals surface area contributed by atoms with E-state index in [9.17, 15) is 4.79 Å². The van der Waals surface area contributed by atoms with Gasteiger partial charge in [0.05, 0.1) is 13.2 Å². The Morgan fingerprint density at radius 2 is 1.92 bits per heavy atom. The summed E-state index contributed by atoms with van der Waals surface area (Å²) < 4.78 is 10.9. The zero-order chi connectivity index (χ0) is 16.9. The Morgan fingerprint density at radius 1 is 1.21 bits per heavy atom. The number of nitrogens with one attached hydrogen (secondary N) is 1. The van der Waals surface area contributed by atoms with Gasteiger partial charge in [-0.3, -0.25) is 9.69 Å². The zero-order valence-corrected chi connectivity index (χ0v) is 14.2. The molecule has 24 heavy (non-hydrogen) atoms. The molecule has 0 aliphatic carbocycles. The smallest absolute Gasteiger partial charge is 0.251 e. The number of aryl methyl sites for hydroxylation is 1. The number of methoxy groups -OCH3 is 1. The largest absolute Gasteiger partial charge is 0.497 e. The van der Waals surface area contributed by atoms with E-state index in [1.54, 1.807) is 31.4 Å². The van der Waals surface area contributed by atoms with E-state index in [1.165, 1.54) is 12.8 Å². The van der Waals surface area contributed by atoms with Gasteiger partial charge in [0.15, 0.2) is 0 Å². The van der Waals surface area contributed by atoms with Gasteiger partial charge in [0.2, 0.25) is 0 Å². The molecule has 2 aromatic rings. The molecule has 1 N–H and O–H groups in total. The lowest BCUT2D eigenvalue weighted by Gasteiger charge is -2.26. The van der Waals surface area contributed by atoms with Crippen LogP contribution in [0.1, 0.15) is 40.8 Å². The van der Waals surface area contributed by atoms with Crippen molar-refractivity contribution in [1.82, 2.24) is 10.2 Å². The number of carbonyl (C=O) groups is 1. The second kappa shape index (κ2) is 7.53. The molecule has 1 atom stereocenters. The van der Waals surface area contributed by atoms with Gasteiger partial charge in [-0.15, -0.1) is 0 Å². The highest BCUT2D eigenvalue weighted by molar-refractivity contribution is 5.94. The van der Waals surface area contributed by atoms with E-state index in [4.69, 9.17) is 9.15 Å². The number of nitrogens with zero attached hydrogens (tertiary/aromatic N) is 1. The Balaban J connectivity index is 1.67. The summed E-state index contributed by atoms with van der Waals surface area (Å²) in [5, 5.41) is 3.04. The van der Waals surface area contributed by atoms with Crippen LogP contribution in [0.15, 0.2) is 40.8 Å². The standard InChI is InChI=1S/C19H24N2O3/c1-14-5-10-18(24-14)17(21-11-3-4-12-21)13-20-19(22)15-6-8-16(23-2)9-7-15/h5-10,17H,3-4,11-13H2,1-2H3,(H,20,22). The minimum atomic E-state index is -0.0786. The Kier molecular flexibility index (Phi) is 5.20. The minimum Gasteiger partial charge on any atom is -0.497 e. The molecular weight excluding hydrogens is 304 g/mol. The van der Waals surface area contributed by atoms with Crippen molar-refractivity contribution in [3.63, 3.8) is 0 Å². The molecule has 1 fully saturated rings. The molecule has 1 unspecified atom stereocenters. The normalized spacial score (nSPS) is 16.1. The summed E-state index contributed by atoms with van der Waals surface area (Å²) in [6, 6.07) is 11.2. The summed E-state index contributed by atoms with van der Waals surface area (Å²) in [4.78, 5) is 14.8. The van der Waals surface area contributed by atoms with Crippen LogP contribution >= 0.6 is 0 Å². The van der Waals surface area contributed by atoms with Gasteiger partial charge in [0.25, 0.3) is 5.91 Å². The molecule has 0 radical (unpaired) electrons. The third-order valence-corrected chi connectivity index (χ3v) is 4.48. The summed E-state index contributed by atoms with van der Waals surface area (Å²) in [6.45, 7) is 4.57. The Hall–Kier alpha value is -2.27. The molecule has 5 nitrogen and oxygen atoms in total. The van der Waals surface area contributed by atoms with E-state index in [0.29, 0.717) is 12.1 Å². The predicted molar refractivity (Wildman–Crippen MR) is 92.3 cm³/mol. The number of hydrogen-bond acceptors (Lipinski definition) is 4. The average molecular weight is 328 g/mol. The zero-order valence-electron chi connectivity index (χ0n) is 14.2. The Bertz CT molecular complexity index is 672. The van der Waals surface area contributed by atoms with Crippen LogP contribution in [0.2, 0.25) is 0 Å². The molecule has 5 heteroatoms. The number of carbonyl (C=O) groups excluding carboxylic acids is 1. The van der Waals surface area contributed by atoms with Crippen molar-refractivity contribution in [2.24, 2.45) is 0 Å². The summed E-state index contributed by atoms with van der Waals surface area (Å²) in [5.74, 6) is 2.48. The van der Waals surface area contributed by atoms with E-state index in [-0.39, 0.29) is 11.9 Å². The molecule has 128 valence electrons. The predicted octanol–water partition coefficient (Wildman–Crippen LogP) is 3.16. The molecule has 1 aliphatic heterocycles. The fourth-order valence-electron chi connectivity index (χ4n) is 3.13. The van der Waals surface area contributed by atoms with Crippen LogP contribution in [-0.4, -0.2) is 37.6 Å². The maximum Gasteiger partial charge on any atom is 0.251 e. The van der Waals surface area contributed by atoms with Crippen molar-refractivity contribution in [1.29, 1.82) is 0 Å². The van der Waals surface area contributed by atoms with Crippen molar-refractivity contribution < 1.29 is 13.9 Å². The van der Waals surface area contributed by atoms with Crippen molar-refractivity contribution in [2.75, 3.05) is 26.7 Å². The fraction of sp³-hybridized carbons (Fsp3) is 0.421. The van der Waals surface area contributed by atoms with Crippen molar-refractivity contribution in [3.8, 4) is 5.75 Å². The van der Waals surface area contributed by atoms with Gasteiger partial charge in [-0.25, -0.2) is 0 Å². The fourth-order valence-corrected chi connectivity index (χ4v) is 3.13. The highest BCUT2D eigenvalue weighted by atomic mass is 16.5. The van der Waals surface area contributed by atoms with Gasteiger partial charge in [0.1, 0.15) is 17.3 Å². The minimum absolute atomic E-state index is 0.0786. The number of hydrogen-bond donors (Lipinski definition) is 1. The van der Waals surface area contributed by atoms with Gasteiger partial charge >= 0.3 is 0 Å². The van der Waals surface area contributed by atoms with Crippen LogP contribution in [0.5, 0.6) is 5.75 Å². The highest BCUT2D eigenvalue weighted by Gasteiger charge is 2.26. The molecular formula is C19H24N2O3. The average Bonchev–Trinajstić information content (AvgIpc) is 3.27. The number of benzene rings is 1. The molecule has 2 heterocycles. The first-order valence-electron chi connectivity index (χ1n) is 8.40. The van der Waals surface area contributed by atoms with E-state index in [1.807, 2.05) is 19.1 Å². The van der Waals surface area contributed by atoms with Gasteiger partial charge in [0, 0.05) is 12.1 Å². The van der Waals surface area contributed by atoms with Gasteiger partial charge in [-0.2, -0.15) is 0 Å². The molecule has 0 spiro atoms. The number of rotatable bonds is 6. The number of ether oxygens (including phenoxy) is 1. The SMILES string of the molecule is COc1ccc(C(=O)NCC(c2ccc(C)o2)N2CCCC2)cc1. The number of likely N-dealkylation sites (tertiary alicyclic amines) is 1. The third kappa shape index (κ3) is 3.79. The summed E-state index contributed by atoms with van der Waals surface area (Å²) in [7, 11) is 1.61. The van der Waals surface area contributed by atoms with Crippen molar-refractivity contribution in [2.45, 2.75) is 25.8 Å². The van der Waals surface area contributed by atoms with Gasteiger partial charge in [-0.05, 0) is 69.3 Å². The van der Waals surface area contributed by atoms with E-state index in [2.05, 4.69) is 10.2 Å². The Labute approximate surface area is 142 Å². The van der Waals surface area contributed by atoms with Crippen molar-refractivity contribution in [3.05, 3.63) is 53.5 Å². The topological polar surface area (TPSA) is 54.7 Å². The van der Waals surface area contributed by atoms with E-state index < -0.39 is 0 Å². The molecule has 0 bridgehead atoms. The first-order valence-corrected chi connectivity index (χ1v) is 8.40. The molecule has 3 rings (SSSR count). The molecule has 1 aliphatic rings. The van der Waals surface area contributed by atoms with Gasteiger partial charge < -0.3 is 14.5 Å². The van der Waals surface area contributed by atoms with Crippen LogP contribution in [0.3, 0.4) is 0 Å². The lowest BCUT2D eigenvalue weighted by molar-refractivity contribution is 0.0933. The molecule has 0 saturated carbocycles. The molecule has 1 aromatic carbocycles. The van der Waals surface area contributed by atoms with Crippen LogP contribution < -0.4 is 10.1 Å². The molecule has 1 amide bonds.